The van der Waals surface area contributed by atoms with Crippen LogP contribution in [0.1, 0.15) is 44.6 Å². The summed E-state index contributed by atoms with van der Waals surface area (Å²) < 4.78 is 17.7. The van der Waals surface area contributed by atoms with E-state index >= 15 is 0 Å². The van der Waals surface area contributed by atoms with Crippen LogP contribution in [0.3, 0.4) is 0 Å². The zero-order chi connectivity index (χ0) is 18.9. The van der Waals surface area contributed by atoms with Gasteiger partial charge in [-0.05, 0) is 51.5 Å². The van der Waals surface area contributed by atoms with E-state index in [4.69, 9.17) is 12.7 Å². The van der Waals surface area contributed by atoms with Crippen LogP contribution in [0.4, 0.5) is 0 Å². The van der Waals surface area contributed by atoms with E-state index in [9.17, 15) is 0 Å². The third-order valence-electron chi connectivity index (χ3n) is 2.79. The average molecular weight is 525 g/mol. The lowest BCUT2D eigenvalue weighted by Crippen LogP contribution is -2.45. The summed E-state index contributed by atoms with van der Waals surface area (Å²) in [4.78, 5) is 0. The van der Waals surface area contributed by atoms with Crippen molar-refractivity contribution in [3.63, 3.8) is 0 Å². The molecule has 0 heterocycles. The lowest BCUT2D eigenvalue weighted by atomic mass is 11.7. The van der Waals surface area contributed by atoms with Crippen molar-refractivity contribution in [1.82, 2.24) is 0 Å². The highest BCUT2D eigenvalue weighted by atomic mass is 28.5. The van der Waals surface area contributed by atoms with Crippen LogP contribution in [0.25, 0.3) is 0 Å². The van der Waals surface area contributed by atoms with E-state index in [2.05, 4.69) is 78.6 Å². The smallest absolute Gasteiger partial charge is 0.310 e. The van der Waals surface area contributed by atoms with Crippen LogP contribution in [0.5, 0.6) is 0 Å². The summed E-state index contributed by atoms with van der Waals surface area (Å²) in [6, 6.07) is 0. The number of rotatable bonds is 9. The third kappa shape index (κ3) is 43.8. The van der Waals surface area contributed by atoms with Gasteiger partial charge in [-0.3, -0.25) is 0 Å². The van der Waals surface area contributed by atoms with Crippen molar-refractivity contribution in [2.75, 3.05) is 6.23 Å². The summed E-state index contributed by atoms with van der Waals surface area (Å²) >= 11 is 0. The fourth-order valence-corrected chi connectivity index (χ4v) is 20.3. The second kappa shape index (κ2) is 22.4. The molecule has 0 bridgehead atoms. The van der Waals surface area contributed by atoms with E-state index in [1.165, 1.54) is 5.67 Å². The van der Waals surface area contributed by atoms with E-state index in [0.29, 0.717) is 0 Å². The van der Waals surface area contributed by atoms with E-state index in [1.807, 2.05) is 0 Å². The molecule has 0 saturated carbocycles. The van der Waals surface area contributed by atoms with E-state index < -0.39 is 33.3 Å². The molecule has 0 aromatic carbocycles. The normalized spacial score (nSPS) is 11.6. The van der Waals surface area contributed by atoms with Crippen molar-refractivity contribution in [2.24, 2.45) is 0 Å². The van der Waals surface area contributed by atoms with Crippen LogP contribution < -0.4 is 0 Å². The Bertz CT molecular complexity index is 314. The summed E-state index contributed by atoms with van der Waals surface area (Å²) in [5.74, 6) is 0. The zero-order valence-corrected chi connectivity index (χ0v) is 24.9. The monoisotopic (exact) mass is 524 g/mol. The topological polar surface area (TPSA) is 27.7 Å². The molecule has 0 fully saturated rings. The predicted molar refractivity (Wildman–Crippen MR) is 164 cm³/mol. The van der Waals surface area contributed by atoms with Gasteiger partial charge in [0.05, 0.1) is 8.07 Å². The van der Waals surface area contributed by atoms with Crippen molar-refractivity contribution in [2.45, 2.75) is 129 Å². The SMILES string of the molecule is C.C.C.C.C.C.C[SiH2]C[Si](C)(C)OC[Si](C)(C)C.C[SiH2]O[Si](C)(C)O[Si](C)(C)C. The summed E-state index contributed by atoms with van der Waals surface area (Å²) in [5.41, 5.74) is 1.44. The molecule has 190 valence electrons. The molecule has 0 spiro atoms. The molecule has 0 radical (unpaired) electrons. The second-order valence-electron chi connectivity index (χ2n) is 9.41. The molecule has 0 aromatic heterocycles. The number of hydrogen-bond donors (Lipinski definition) is 0. The van der Waals surface area contributed by atoms with E-state index in [0.717, 1.165) is 6.23 Å². The molecule has 0 N–H and O–H groups in total. The number of hydrogen-bond acceptors (Lipinski definition) is 3. The van der Waals surface area contributed by atoms with Crippen LogP contribution in [-0.4, -0.2) is 58.8 Å². The van der Waals surface area contributed by atoms with E-state index in [-0.39, 0.29) is 63.8 Å². The van der Waals surface area contributed by atoms with E-state index in [1.54, 1.807) is 0 Å². The molecule has 0 aromatic rings. The Labute approximate surface area is 199 Å². The molecule has 3 nitrogen and oxygen atoms in total. The fourth-order valence-electron chi connectivity index (χ4n) is 2.20. The molecule has 9 heteroatoms. The Morgan fingerprint density at radius 2 is 1.03 bits per heavy atom. The maximum Gasteiger partial charge on any atom is 0.310 e. The van der Waals surface area contributed by atoms with Gasteiger partial charge in [0.15, 0.2) is 16.6 Å². The van der Waals surface area contributed by atoms with Gasteiger partial charge in [0, 0.05) is 15.7 Å². The molecular formula is C20H68O3Si6. The standard InChI is InChI=1S/C8H24OSi3.C6H20O2Si3.6CH4/c1-10-8-12(5,6)9-7-11(2,3)4;1-9-7-11(5,6)8-10(2,3)4;;;;;;/h7-8,10H2,1-6H3;9H2,1-6H3;6*1H4. The van der Waals surface area contributed by atoms with Gasteiger partial charge in [-0.15, -0.1) is 0 Å². The van der Waals surface area contributed by atoms with Gasteiger partial charge < -0.3 is 12.7 Å². The Morgan fingerprint density at radius 1 is 0.655 bits per heavy atom. The Balaban J connectivity index is -0.0000000421. The minimum Gasteiger partial charge on any atom is -0.442 e. The molecule has 0 rings (SSSR count). The summed E-state index contributed by atoms with van der Waals surface area (Å²) in [6.45, 7) is 27.3. The van der Waals surface area contributed by atoms with Gasteiger partial charge >= 0.3 is 8.56 Å². The average Bonchev–Trinajstić information content (AvgIpc) is 2.23. The molecule has 0 atom stereocenters. The first-order valence-corrected chi connectivity index (χ1v) is 26.5. The maximum absolute atomic E-state index is 6.07. The minimum absolute atomic E-state index is 0. The van der Waals surface area contributed by atoms with Crippen LogP contribution in [-0.2, 0) is 12.7 Å². The highest BCUT2D eigenvalue weighted by Gasteiger charge is 2.30. The van der Waals surface area contributed by atoms with Crippen LogP contribution in [0, 0.1) is 0 Å². The molecule has 0 aliphatic rings. The quantitative estimate of drug-likeness (QED) is 0.288. The third-order valence-corrected chi connectivity index (χ3v) is 20.2. The molecule has 0 unspecified atom stereocenters. The van der Waals surface area contributed by atoms with Crippen LogP contribution in [0.15, 0.2) is 0 Å². The lowest BCUT2D eigenvalue weighted by Gasteiger charge is -2.30. The van der Waals surface area contributed by atoms with Crippen molar-refractivity contribution < 1.29 is 12.7 Å². The summed E-state index contributed by atoms with van der Waals surface area (Å²) in [5, 5.41) is 0. The Kier molecular flexibility index (Phi) is 40.3. The summed E-state index contributed by atoms with van der Waals surface area (Å²) in [6.07, 6.45) is 1.07. The van der Waals surface area contributed by atoms with Crippen molar-refractivity contribution in [1.29, 1.82) is 0 Å². The lowest BCUT2D eigenvalue weighted by molar-refractivity contribution is 0.371. The fraction of sp³-hybridized carbons (Fsp3) is 1.00. The largest absolute Gasteiger partial charge is 0.442 e. The zero-order valence-electron chi connectivity index (χ0n) is 18.1. The van der Waals surface area contributed by atoms with Gasteiger partial charge in [0.2, 0.25) is 0 Å². The Hall–Kier alpha value is 1.18. The molecule has 0 aliphatic heterocycles. The van der Waals surface area contributed by atoms with Gasteiger partial charge in [-0.2, -0.15) is 0 Å². The minimum atomic E-state index is -1.72. The van der Waals surface area contributed by atoms with Crippen molar-refractivity contribution in [3.05, 3.63) is 0 Å². The first-order valence-electron chi connectivity index (χ1n) is 9.02. The van der Waals surface area contributed by atoms with Crippen molar-refractivity contribution in [3.8, 4) is 0 Å². The highest BCUT2D eigenvalue weighted by Crippen LogP contribution is 2.14. The molecule has 29 heavy (non-hydrogen) atoms. The second-order valence-corrected chi connectivity index (χ2v) is 31.2. The molecule has 0 amide bonds. The summed E-state index contributed by atoms with van der Waals surface area (Å²) in [7, 11) is -5.37. The van der Waals surface area contributed by atoms with Gasteiger partial charge in [0.1, 0.15) is 9.76 Å². The van der Waals surface area contributed by atoms with Crippen LogP contribution in [0.2, 0.25) is 84.2 Å². The van der Waals surface area contributed by atoms with Gasteiger partial charge in [-0.25, -0.2) is 0 Å². The molecular weight excluding hydrogens is 457 g/mol. The van der Waals surface area contributed by atoms with Gasteiger partial charge in [-0.1, -0.05) is 77.3 Å². The van der Waals surface area contributed by atoms with Crippen LogP contribution >= 0.6 is 0 Å². The first kappa shape index (κ1) is 52.2. The van der Waals surface area contributed by atoms with Crippen molar-refractivity contribution >= 4 is 52.6 Å². The molecule has 0 saturated heterocycles. The first-order chi connectivity index (χ1) is 10.0. The van der Waals surface area contributed by atoms with Gasteiger partial charge in [0.25, 0.3) is 0 Å². The molecule has 0 aliphatic carbocycles. The Morgan fingerprint density at radius 3 is 1.28 bits per heavy atom. The highest BCUT2D eigenvalue weighted by molar-refractivity contribution is 6.83. The predicted octanol–water partition coefficient (Wildman–Crippen LogP) is 7.76. The maximum atomic E-state index is 6.07.